The number of rotatable bonds is 0. The van der Waals surface area contributed by atoms with Crippen LogP contribution < -0.4 is 0 Å². The number of allylic oxidation sites excluding steroid dienone is 2. The highest BCUT2D eigenvalue weighted by atomic mass is 16.3. The molecule has 3 saturated carbocycles. The first-order chi connectivity index (χ1) is 9.97. The number of aliphatic hydroxyl groups is 2. The molecule has 2 N–H and O–H groups in total. The molecule has 0 aromatic heterocycles. The summed E-state index contributed by atoms with van der Waals surface area (Å²) in [5.74, 6) is 1.49. The van der Waals surface area contributed by atoms with Crippen molar-refractivity contribution < 1.29 is 10.2 Å². The maximum absolute atomic E-state index is 10.8. The van der Waals surface area contributed by atoms with Crippen molar-refractivity contribution in [3.8, 4) is 0 Å². The lowest BCUT2D eigenvalue weighted by Crippen LogP contribution is -2.45. The third-order valence-electron chi connectivity index (χ3n) is 7.45. The number of aliphatic hydroxyl groups excluding tert-OH is 2. The minimum atomic E-state index is 0.105. The average Bonchev–Trinajstić information content (AvgIpc) is 2.86. The van der Waals surface area contributed by atoms with E-state index < -0.39 is 0 Å². The van der Waals surface area contributed by atoms with Gasteiger partial charge in [0.15, 0.2) is 11.5 Å². The zero-order valence-electron chi connectivity index (χ0n) is 13.4. The second kappa shape index (κ2) is 4.30. The molecule has 4 aliphatic rings. The Hall–Kier alpha value is -0.920. The fourth-order valence-corrected chi connectivity index (χ4v) is 6.21. The fraction of sp³-hybridized carbons (Fsp3) is 0.789. The van der Waals surface area contributed by atoms with Crippen LogP contribution in [0.4, 0.5) is 0 Å². The number of fused-ring (bicyclic) bond motifs is 5. The van der Waals surface area contributed by atoms with Crippen LogP contribution in [0.1, 0.15) is 71.6 Å². The van der Waals surface area contributed by atoms with Gasteiger partial charge in [-0.25, -0.2) is 0 Å². The summed E-state index contributed by atoms with van der Waals surface area (Å²) in [4.78, 5) is 0. The smallest absolute Gasteiger partial charge is 0.157 e. The molecule has 116 valence electrons. The first-order valence-corrected chi connectivity index (χ1v) is 8.83. The molecule has 0 radical (unpaired) electrons. The second-order valence-corrected chi connectivity index (χ2v) is 8.45. The summed E-state index contributed by atoms with van der Waals surface area (Å²) in [6.45, 7) is 4.76. The molecule has 4 atom stereocenters. The SMILES string of the molecule is C[C@@]12CCC[C@H]1C1=C(O)C(O)=C3CCCC[C@]3(C)[C@H]1CC2. The van der Waals surface area contributed by atoms with Gasteiger partial charge in [0.2, 0.25) is 0 Å². The van der Waals surface area contributed by atoms with Crippen LogP contribution in [0, 0.1) is 22.7 Å². The molecule has 4 aliphatic carbocycles. The third kappa shape index (κ3) is 1.65. The molecule has 0 amide bonds. The molecule has 0 heterocycles. The zero-order valence-corrected chi connectivity index (χ0v) is 13.4. The van der Waals surface area contributed by atoms with Crippen LogP contribution in [0.2, 0.25) is 0 Å². The van der Waals surface area contributed by atoms with Crippen LogP contribution in [-0.2, 0) is 0 Å². The standard InChI is InChI=1S/C19H28O2/c1-18-9-5-7-12(18)15-13(8-11-18)19(2)10-4-3-6-14(19)16(20)17(15)21/h12-13,20-21H,3-11H2,1-2H3/t12-,13-,18-,19+/m0/s1. The number of hydrogen-bond acceptors (Lipinski definition) is 2. The zero-order chi connectivity index (χ0) is 14.8. The van der Waals surface area contributed by atoms with E-state index in [1.54, 1.807) is 0 Å². The lowest BCUT2D eigenvalue weighted by molar-refractivity contribution is 0.0792. The molecule has 0 unspecified atom stereocenters. The quantitative estimate of drug-likeness (QED) is 0.624. The Morgan fingerprint density at radius 3 is 2.48 bits per heavy atom. The van der Waals surface area contributed by atoms with Gasteiger partial charge in [-0.05, 0) is 78.8 Å². The Morgan fingerprint density at radius 1 is 0.857 bits per heavy atom. The molecular formula is C19H28O2. The molecule has 0 aromatic rings. The van der Waals surface area contributed by atoms with Crippen molar-refractivity contribution in [1.82, 2.24) is 0 Å². The van der Waals surface area contributed by atoms with E-state index in [1.807, 2.05) is 0 Å². The van der Waals surface area contributed by atoms with Crippen molar-refractivity contribution in [3.63, 3.8) is 0 Å². The summed E-state index contributed by atoms with van der Waals surface area (Å²) in [6, 6.07) is 0. The first-order valence-electron chi connectivity index (χ1n) is 8.83. The van der Waals surface area contributed by atoms with Crippen LogP contribution in [0.15, 0.2) is 22.7 Å². The van der Waals surface area contributed by atoms with Crippen molar-refractivity contribution in [3.05, 3.63) is 22.7 Å². The molecule has 0 spiro atoms. The summed E-state index contributed by atoms with van der Waals surface area (Å²) >= 11 is 0. The van der Waals surface area contributed by atoms with Gasteiger partial charge in [-0.15, -0.1) is 0 Å². The van der Waals surface area contributed by atoms with Gasteiger partial charge >= 0.3 is 0 Å². The molecule has 2 nitrogen and oxygen atoms in total. The molecule has 0 aromatic carbocycles. The summed E-state index contributed by atoms with van der Waals surface area (Å²) in [7, 11) is 0. The fourth-order valence-electron chi connectivity index (χ4n) is 6.21. The Balaban J connectivity index is 1.88. The van der Waals surface area contributed by atoms with E-state index in [4.69, 9.17) is 0 Å². The van der Waals surface area contributed by atoms with Crippen molar-refractivity contribution in [2.75, 3.05) is 0 Å². The van der Waals surface area contributed by atoms with Gasteiger partial charge in [0.05, 0.1) is 0 Å². The van der Waals surface area contributed by atoms with Gasteiger partial charge < -0.3 is 10.2 Å². The highest BCUT2D eigenvalue weighted by Crippen LogP contribution is 2.64. The molecule has 0 aliphatic heterocycles. The van der Waals surface area contributed by atoms with E-state index >= 15 is 0 Å². The normalized spacial score (nSPS) is 46.2. The summed E-state index contributed by atoms with van der Waals surface area (Å²) in [5.41, 5.74) is 2.85. The van der Waals surface area contributed by atoms with Crippen LogP contribution >= 0.6 is 0 Å². The lowest BCUT2D eigenvalue weighted by Gasteiger charge is -2.53. The van der Waals surface area contributed by atoms with Gasteiger partial charge in [0, 0.05) is 0 Å². The summed E-state index contributed by atoms with van der Waals surface area (Å²) in [6.07, 6.45) is 10.8. The molecule has 21 heavy (non-hydrogen) atoms. The maximum Gasteiger partial charge on any atom is 0.157 e. The summed E-state index contributed by atoms with van der Waals surface area (Å²) < 4.78 is 0. The van der Waals surface area contributed by atoms with Crippen molar-refractivity contribution in [1.29, 1.82) is 0 Å². The van der Waals surface area contributed by atoms with Gasteiger partial charge in [-0.1, -0.05) is 26.7 Å². The van der Waals surface area contributed by atoms with Crippen molar-refractivity contribution in [2.24, 2.45) is 22.7 Å². The number of hydrogen-bond donors (Lipinski definition) is 2. The van der Waals surface area contributed by atoms with E-state index in [9.17, 15) is 10.2 Å². The van der Waals surface area contributed by atoms with E-state index in [1.165, 1.54) is 50.5 Å². The highest BCUT2D eigenvalue weighted by molar-refractivity contribution is 5.44. The van der Waals surface area contributed by atoms with E-state index in [-0.39, 0.29) is 16.9 Å². The molecule has 0 bridgehead atoms. The predicted molar refractivity (Wildman–Crippen MR) is 84.1 cm³/mol. The molecule has 3 fully saturated rings. The van der Waals surface area contributed by atoms with E-state index in [2.05, 4.69) is 13.8 Å². The maximum atomic E-state index is 10.8. The van der Waals surface area contributed by atoms with Crippen molar-refractivity contribution in [2.45, 2.75) is 71.6 Å². The Morgan fingerprint density at radius 2 is 1.67 bits per heavy atom. The Bertz CT molecular complexity index is 544. The van der Waals surface area contributed by atoms with Gasteiger partial charge in [-0.2, -0.15) is 0 Å². The van der Waals surface area contributed by atoms with Crippen LogP contribution in [0.5, 0.6) is 0 Å². The Kier molecular flexibility index (Phi) is 2.81. The first kappa shape index (κ1) is 13.7. The predicted octanol–water partition coefficient (Wildman–Crippen LogP) is 5.42. The Labute approximate surface area is 127 Å². The van der Waals surface area contributed by atoms with Crippen LogP contribution in [-0.4, -0.2) is 10.2 Å². The summed E-state index contributed by atoms with van der Waals surface area (Å²) in [5, 5.41) is 21.4. The molecular weight excluding hydrogens is 260 g/mol. The molecule has 4 rings (SSSR count). The minimum Gasteiger partial charge on any atom is -0.504 e. The van der Waals surface area contributed by atoms with Crippen LogP contribution in [0.3, 0.4) is 0 Å². The van der Waals surface area contributed by atoms with Crippen LogP contribution in [0.25, 0.3) is 0 Å². The topological polar surface area (TPSA) is 40.5 Å². The van der Waals surface area contributed by atoms with Gasteiger partial charge in [-0.3, -0.25) is 0 Å². The van der Waals surface area contributed by atoms with Gasteiger partial charge in [0.1, 0.15) is 0 Å². The van der Waals surface area contributed by atoms with E-state index in [0.717, 1.165) is 18.4 Å². The average molecular weight is 288 g/mol. The third-order valence-corrected chi connectivity index (χ3v) is 7.45. The molecule has 2 heteroatoms. The molecule has 0 saturated heterocycles. The lowest BCUT2D eigenvalue weighted by atomic mass is 9.51. The second-order valence-electron chi connectivity index (χ2n) is 8.45. The minimum absolute atomic E-state index is 0.105. The largest absolute Gasteiger partial charge is 0.504 e. The van der Waals surface area contributed by atoms with Gasteiger partial charge in [0.25, 0.3) is 0 Å². The monoisotopic (exact) mass is 288 g/mol. The highest BCUT2D eigenvalue weighted by Gasteiger charge is 2.55. The van der Waals surface area contributed by atoms with Crippen molar-refractivity contribution >= 4 is 0 Å². The van der Waals surface area contributed by atoms with E-state index in [0.29, 0.717) is 17.3 Å².